The number of amides is 2. The van der Waals surface area contributed by atoms with Crippen LogP contribution in [0.2, 0.25) is 0 Å². The van der Waals surface area contributed by atoms with Crippen molar-refractivity contribution in [1.82, 2.24) is 20.0 Å². The van der Waals surface area contributed by atoms with Gasteiger partial charge in [-0.25, -0.2) is 9.78 Å². The molecule has 0 bridgehead atoms. The number of nitrogens with one attached hydrogen (secondary N) is 1. The van der Waals surface area contributed by atoms with Crippen molar-refractivity contribution in [1.29, 1.82) is 0 Å². The van der Waals surface area contributed by atoms with Crippen LogP contribution in [0.5, 0.6) is 5.88 Å². The first kappa shape index (κ1) is 18.2. The number of nitrogens with zero attached hydrogens (tertiary/aromatic N) is 4. The quantitative estimate of drug-likeness (QED) is 0.902. The maximum absolute atomic E-state index is 12.7. The van der Waals surface area contributed by atoms with Gasteiger partial charge in [0.15, 0.2) is 5.82 Å². The van der Waals surface area contributed by atoms with Gasteiger partial charge in [-0.05, 0) is 45.1 Å². The van der Waals surface area contributed by atoms with Gasteiger partial charge in [0.2, 0.25) is 11.8 Å². The molecule has 8 nitrogen and oxygen atoms in total. The predicted octanol–water partition coefficient (Wildman–Crippen LogP) is 2.89. The smallest absolute Gasteiger partial charge is 0.321 e. The Morgan fingerprint density at radius 1 is 1.38 bits per heavy atom. The van der Waals surface area contributed by atoms with Gasteiger partial charge in [0.1, 0.15) is 0 Å². The lowest BCUT2D eigenvalue weighted by atomic mass is 9.95. The number of aryl methyl sites for hydroxylation is 3. The third kappa shape index (κ3) is 4.12. The van der Waals surface area contributed by atoms with Crippen LogP contribution in [0.4, 0.5) is 10.5 Å². The molecule has 1 N–H and O–H groups in total. The van der Waals surface area contributed by atoms with Crippen molar-refractivity contribution in [2.45, 2.75) is 40.0 Å². The molecule has 8 heteroatoms. The highest BCUT2D eigenvalue weighted by Gasteiger charge is 2.26. The van der Waals surface area contributed by atoms with Gasteiger partial charge in [0.05, 0.1) is 18.5 Å². The fourth-order valence-corrected chi connectivity index (χ4v) is 3.36. The second-order valence-electron chi connectivity index (χ2n) is 6.77. The molecule has 3 rings (SSSR count). The summed E-state index contributed by atoms with van der Waals surface area (Å²) in [6, 6.07) is 1.72. The molecule has 26 heavy (non-hydrogen) atoms. The summed E-state index contributed by atoms with van der Waals surface area (Å²) in [5.41, 5.74) is 2.41. The molecule has 3 heterocycles. The van der Waals surface area contributed by atoms with Crippen molar-refractivity contribution in [2.24, 2.45) is 5.92 Å². The van der Waals surface area contributed by atoms with Crippen molar-refractivity contribution in [3.05, 3.63) is 29.0 Å². The van der Waals surface area contributed by atoms with E-state index in [4.69, 9.17) is 9.26 Å². The predicted molar refractivity (Wildman–Crippen MR) is 96.3 cm³/mol. The Bertz CT molecular complexity index is 766. The molecule has 2 aromatic rings. The van der Waals surface area contributed by atoms with E-state index < -0.39 is 0 Å². The molecule has 1 saturated heterocycles. The topological polar surface area (TPSA) is 93.4 Å². The number of urea groups is 1. The summed E-state index contributed by atoms with van der Waals surface area (Å²) in [5, 5.41) is 6.83. The van der Waals surface area contributed by atoms with E-state index in [9.17, 15) is 4.79 Å². The minimum atomic E-state index is -0.102. The van der Waals surface area contributed by atoms with E-state index in [-0.39, 0.29) is 6.03 Å². The minimum Gasteiger partial charge on any atom is -0.481 e. The van der Waals surface area contributed by atoms with Gasteiger partial charge in [-0.1, -0.05) is 5.16 Å². The lowest BCUT2D eigenvalue weighted by Gasteiger charge is -2.32. The summed E-state index contributed by atoms with van der Waals surface area (Å²) in [4.78, 5) is 23.2. The van der Waals surface area contributed by atoms with Crippen LogP contribution in [0, 0.1) is 26.7 Å². The molecule has 0 aromatic carbocycles. The summed E-state index contributed by atoms with van der Waals surface area (Å²) in [6.07, 6.45) is 2.71. The highest BCUT2D eigenvalue weighted by atomic mass is 16.5. The maximum Gasteiger partial charge on any atom is 0.321 e. The molecular weight excluding hydrogens is 334 g/mol. The van der Waals surface area contributed by atoms with Crippen LogP contribution in [0.15, 0.2) is 10.6 Å². The molecule has 0 radical (unpaired) electrons. The highest BCUT2D eigenvalue weighted by molar-refractivity contribution is 5.90. The zero-order valence-corrected chi connectivity index (χ0v) is 15.7. The van der Waals surface area contributed by atoms with E-state index in [1.807, 2.05) is 24.8 Å². The number of carbonyl (C=O) groups excluding carboxylic acids is 1. The Hall–Kier alpha value is -2.64. The molecule has 2 aromatic heterocycles. The zero-order chi connectivity index (χ0) is 18.7. The second-order valence-corrected chi connectivity index (χ2v) is 6.77. The average Bonchev–Trinajstić information content (AvgIpc) is 3.02. The van der Waals surface area contributed by atoms with E-state index in [2.05, 4.69) is 20.4 Å². The van der Waals surface area contributed by atoms with Crippen molar-refractivity contribution in [3.63, 3.8) is 0 Å². The Morgan fingerprint density at radius 2 is 2.19 bits per heavy atom. The van der Waals surface area contributed by atoms with Gasteiger partial charge in [-0.2, -0.15) is 4.98 Å². The fourth-order valence-electron chi connectivity index (χ4n) is 3.36. The standard InChI is InChI=1S/C18H25N5O3/c1-11-8-15(25-4)19-12(2)17(11)21-18(24)23-7-5-6-14(10-23)9-16-20-13(3)22-26-16/h8,14H,5-7,9-10H2,1-4H3,(H,21,24). The Labute approximate surface area is 152 Å². The van der Waals surface area contributed by atoms with Crippen LogP contribution in [-0.4, -0.2) is 46.3 Å². The number of likely N-dealkylation sites (tertiary alicyclic amines) is 1. The van der Waals surface area contributed by atoms with Crippen LogP contribution in [0.25, 0.3) is 0 Å². The number of aromatic nitrogens is 3. The van der Waals surface area contributed by atoms with Crippen molar-refractivity contribution < 1.29 is 14.1 Å². The normalized spacial score (nSPS) is 17.2. The summed E-state index contributed by atoms with van der Waals surface area (Å²) in [5.74, 6) is 2.15. The van der Waals surface area contributed by atoms with E-state index >= 15 is 0 Å². The second kappa shape index (κ2) is 7.72. The first-order valence-electron chi connectivity index (χ1n) is 8.83. The largest absolute Gasteiger partial charge is 0.481 e. The number of rotatable bonds is 4. The van der Waals surface area contributed by atoms with Gasteiger partial charge in [0.25, 0.3) is 0 Å². The molecule has 1 fully saturated rings. The molecule has 0 aliphatic carbocycles. The Balaban J connectivity index is 1.64. The molecule has 2 amide bonds. The van der Waals surface area contributed by atoms with Crippen molar-refractivity contribution in [2.75, 3.05) is 25.5 Å². The molecular formula is C18H25N5O3. The number of carbonyl (C=O) groups is 1. The van der Waals surface area contributed by atoms with Gasteiger partial charge < -0.3 is 19.5 Å². The number of methoxy groups -OCH3 is 1. The Morgan fingerprint density at radius 3 is 2.85 bits per heavy atom. The van der Waals surface area contributed by atoms with Crippen LogP contribution >= 0.6 is 0 Å². The van der Waals surface area contributed by atoms with E-state index in [0.717, 1.165) is 36.3 Å². The molecule has 1 atom stereocenters. The molecule has 1 unspecified atom stereocenters. The van der Waals surface area contributed by atoms with Crippen molar-refractivity contribution >= 4 is 11.7 Å². The monoisotopic (exact) mass is 359 g/mol. The number of anilines is 1. The number of pyridine rings is 1. The van der Waals surface area contributed by atoms with Gasteiger partial charge in [0, 0.05) is 25.6 Å². The minimum absolute atomic E-state index is 0.102. The number of hydrogen-bond donors (Lipinski definition) is 1. The highest BCUT2D eigenvalue weighted by Crippen LogP contribution is 2.25. The molecule has 1 aliphatic rings. The summed E-state index contributed by atoms with van der Waals surface area (Å²) >= 11 is 0. The summed E-state index contributed by atoms with van der Waals surface area (Å²) < 4.78 is 10.4. The fraction of sp³-hybridized carbons (Fsp3) is 0.556. The average molecular weight is 359 g/mol. The SMILES string of the molecule is COc1cc(C)c(NC(=O)N2CCCC(Cc3nc(C)no3)C2)c(C)n1. The van der Waals surface area contributed by atoms with Crippen LogP contribution in [0.3, 0.4) is 0 Å². The number of piperidine rings is 1. The van der Waals surface area contributed by atoms with Crippen molar-refractivity contribution in [3.8, 4) is 5.88 Å². The third-order valence-electron chi connectivity index (χ3n) is 4.65. The summed E-state index contributed by atoms with van der Waals surface area (Å²) in [7, 11) is 1.58. The Kier molecular flexibility index (Phi) is 5.39. The summed E-state index contributed by atoms with van der Waals surface area (Å²) in [6.45, 7) is 7.02. The first-order chi connectivity index (χ1) is 12.5. The van der Waals surface area contributed by atoms with E-state index in [0.29, 0.717) is 36.5 Å². The number of ether oxygens (including phenoxy) is 1. The lowest BCUT2D eigenvalue weighted by molar-refractivity contribution is 0.173. The molecule has 0 saturated carbocycles. The zero-order valence-electron chi connectivity index (χ0n) is 15.7. The van der Waals surface area contributed by atoms with Gasteiger partial charge in [-0.15, -0.1) is 0 Å². The van der Waals surface area contributed by atoms with Gasteiger partial charge in [-0.3, -0.25) is 0 Å². The van der Waals surface area contributed by atoms with Crippen LogP contribution in [0.1, 0.15) is 35.8 Å². The van der Waals surface area contributed by atoms with E-state index in [1.54, 1.807) is 14.0 Å². The van der Waals surface area contributed by atoms with Crippen LogP contribution < -0.4 is 10.1 Å². The molecule has 140 valence electrons. The first-order valence-corrected chi connectivity index (χ1v) is 8.83. The van der Waals surface area contributed by atoms with Gasteiger partial charge >= 0.3 is 6.03 Å². The molecule has 0 spiro atoms. The molecule has 1 aliphatic heterocycles. The lowest BCUT2D eigenvalue weighted by Crippen LogP contribution is -2.43. The van der Waals surface area contributed by atoms with E-state index in [1.165, 1.54) is 0 Å². The third-order valence-corrected chi connectivity index (χ3v) is 4.65. The van der Waals surface area contributed by atoms with Crippen LogP contribution in [-0.2, 0) is 6.42 Å². The maximum atomic E-state index is 12.7. The number of hydrogen-bond acceptors (Lipinski definition) is 6.